The number of rotatable bonds is 20. The van der Waals surface area contributed by atoms with E-state index >= 15 is 0 Å². The first-order valence-electron chi connectivity index (χ1n) is 24.3. The molecule has 0 saturated carbocycles. The molecule has 3 amide bonds. The lowest BCUT2D eigenvalue weighted by atomic mass is 9.84. The molecule has 2 saturated heterocycles. The van der Waals surface area contributed by atoms with Gasteiger partial charge in [0.05, 0.1) is 40.8 Å². The van der Waals surface area contributed by atoms with Gasteiger partial charge in [-0.15, -0.1) is 11.3 Å². The van der Waals surface area contributed by atoms with Crippen LogP contribution in [0.25, 0.3) is 33.4 Å². The zero-order valence-corrected chi connectivity index (χ0v) is 44.8. The zero-order valence-electron chi connectivity index (χ0n) is 44.0. The number of ether oxygens (including phenoxy) is 2. The average Bonchev–Trinajstić information content (AvgIpc) is 4.12. The number of aromatic nitrogens is 3. The SMILES string of the molecule is C=O.CCn1c(-c2cccnc2C(C)OC)c(CC(C)(C)COC)c2cc(-c3csc(CC(C=O)NC(=O)C(C(C)C)N(C)C=O)n3)ccc21.CN(C)C/C=C/C(=O)N1CCCC1.CN1CCCCN1. The Labute approximate surface area is 421 Å². The van der Waals surface area contributed by atoms with Gasteiger partial charge in [-0.1, -0.05) is 39.8 Å². The van der Waals surface area contributed by atoms with Crippen LogP contribution in [0.15, 0.2) is 54.1 Å². The molecule has 6 rings (SSSR count). The summed E-state index contributed by atoms with van der Waals surface area (Å²) in [6.07, 6.45) is 12.6. The number of methoxy groups -OCH3 is 2. The molecule has 5 heterocycles. The molecular weight excluding hydrogens is 907 g/mol. The van der Waals surface area contributed by atoms with Gasteiger partial charge in [0.15, 0.2) is 0 Å². The zero-order chi connectivity index (χ0) is 52.0. The molecule has 4 aromatic rings. The Morgan fingerprint density at radius 2 is 1.73 bits per heavy atom. The van der Waals surface area contributed by atoms with Crippen LogP contribution in [0.3, 0.4) is 0 Å². The lowest BCUT2D eigenvalue weighted by Crippen LogP contribution is -2.51. The maximum atomic E-state index is 13.0. The highest BCUT2D eigenvalue weighted by molar-refractivity contribution is 7.10. The van der Waals surface area contributed by atoms with Crippen molar-refractivity contribution in [1.29, 1.82) is 0 Å². The molecule has 0 radical (unpaired) electrons. The van der Waals surface area contributed by atoms with Gasteiger partial charge < -0.3 is 43.6 Å². The number of carbonyl (C=O) groups excluding carboxylic acids is 5. The summed E-state index contributed by atoms with van der Waals surface area (Å²) in [5.41, 5.74) is 10.2. The first kappa shape index (κ1) is 59.1. The van der Waals surface area contributed by atoms with Crippen molar-refractivity contribution in [3.05, 3.63) is 70.3 Å². The summed E-state index contributed by atoms with van der Waals surface area (Å²) < 4.78 is 13.7. The lowest BCUT2D eigenvalue weighted by molar-refractivity contribution is -0.134. The largest absolute Gasteiger partial charge is 0.384 e. The predicted molar refractivity (Wildman–Crippen MR) is 281 cm³/mol. The molecule has 17 heteroatoms. The van der Waals surface area contributed by atoms with Crippen LogP contribution in [0, 0.1) is 11.3 Å². The van der Waals surface area contributed by atoms with E-state index in [1.54, 1.807) is 27.3 Å². The molecule has 2 aliphatic heterocycles. The fourth-order valence-electron chi connectivity index (χ4n) is 8.75. The highest BCUT2D eigenvalue weighted by atomic mass is 32.1. The summed E-state index contributed by atoms with van der Waals surface area (Å²) in [5.74, 6) is -0.315. The first-order valence-corrected chi connectivity index (χ1v) is 25.2. The predicted octanol–water partition coefficient (Wildman–Crippen LogP) is 6.87. The molecule has 3 atom stereocenters. The topological polar surface area (TPSA) is 172 Å². The minimum absolute atomic E-state index is 0.116. The number of pyridine rings is 1. The van der Waals surface area contributed by atoms with E-state index in [2.05, 4.69) is 72.4 Å². The lowest BCUT2D eigenvalue weighted by Gasteiger charge is -2.28. The third kappa shape index (κ3) is 17.3. The van der Waals surface area contributed by atoms with Crippen molar-refractivity contribution in [2.45, 2.75) is 105 Å². The third-order valence-electron chi connectivity index (χ3n) is 12.2. The Hall–Kier alpha value is -5.17. The molecule has 70 heavy (non-hydrogen) atoms. The van der Waals surface area contributed by atoms with Crippen LogP contribution < -0.4 is 10.7 Å². The van der Waals surface area contributed by atoms with Crippen molar-refractivity contribution < 1.29 is 33.4 Å². The Bertz CT molecular complexity index is 2260. The number of likely N-dealkylation sites (tertiary alicyclic amines) is 1. The minimum atomic E-state index is -0.765. The van der Waals surface area contributed by atoms with E-state index in [9.17, 15) is 19.2 Å². The number of thiazole rings is 1. The molecule has 16 nitrogen and oxygen atoms in total. The smallest absolute Gasteiger partial charge is 0.246 e. The van der Waals surface area contributed by atoms with E-state index in [0.717, 1.165) is 102 Å². The molecule has 2 fully saturated rings. The molecule has 0 spiro atoms. The number of aryl methyl sites for hydroxylation is 1. The number of nitrogens with zero attached hydrogens (tertiary/aromatic N) is 7. The number of hydrogen-bond acceptors (Lipinski definition) is 13. The quantitative estimate of drug-likeness (QED) is 0.0697. The minimum Gasteiger partial charge on any atom is -0.384 e. The van der Waals surface area contributed by atoms with Gasteiger partial charge in [-0.05, 0) is 101 Å². The summed E-state index contributed by atoms with van der Waals surface area (Å²) >= 11 is 1.45. The van der Waals surface area contributed by atoms with Gasteiger partial charge in [-0.2, -0.15) is 0 Å². The fraction of sp³-hybridized carbons (Fsp3) is 0.566. The van der Waals surface area contributed by atoms with Crippen LogP contribution in [0.4, 0.5) is 0 Å². The van der Waals surface area contributed by atoms with Crippen molar-refractivity contribution in [2.24, 2.45) is 11.3 Å². The van der Waals surface area contributed by atoms with Crippen molar-refractivity contribution in [2.75, 3.05) is 81.7 Å². The van der Waals surface area contributed by atoms with Gasteiger partial charge in [-0.25, -0.2) is 9.99 Å². The Kier molecular flexibility index (Phi) is 25.2. The maximum absolute atomic E-state index is 13.0. The summed E-state index contributed by atoms with van der Waals surface area (Å²) in [6.45, 7) is 20.8. The van der Waals surface area contributed by atoms with Crippen molar-refractivity contribution in [1.82, 2.24) is 45.0 Å². The third-order valence-corrected chi connectivity index (χ3v) is 13.1. The molecule has 3 unspecified atom stereocenters. The van der Waals surface area contributed by atoms with E-state index in [0.29, 0.717) is 13.0 Å². The number of nitrogens with one attached hydrogen (secondary N) is 2. The molecule has 1 aromatic carbocycles. The second-order valence-corrected chi connectivity index (χ2v) is 20.1. The van der Waals surface area contributed by atoms with E-state index in [-0.39, 0.29) is 35.7 Å². The summed E-state index contributed by atoms with van der Waals surface area (Å²) in [4.78, 5) is 70.7. The number of fused-ring (bicyclic) bond motifs is 1. The molecular formula is C53H81N9O7S. The molecule has 0 aliphatic carbocycles. The Morgan fingerprint density at radius 1 is 1.03 bits per heavy atom. The van der Waals surface area contributed by atoms with Gasteiger partial charge in [0.1, 0.15) is 19.1 Å². The highest BCUT2D eigenvalue weighted by Gasteiger charge is 2.30. The van der Waals surface area contributed by atoms with Crippen molar-refractivity contribution >= 4 is 53.5 Å². The Balaban J connectivity index is 0.000000481. The number of hydrogen-bond donors (Lipinski definition) is 2. The first-order chi connectivity index (χ1) is 33.5. The number of benzene rings is 1. The van der Waals surface area contributed by atoms with Crippen LogP contribution >= 0.6 is 11.3 Å². The molecule has 3 aromatic heterocycles. The fourth-order valence-corrected chi connectivity index (χ4v) is 9.62. The van der Waals surface area contributed by atoms with Crippen LogP contribution in [-0.2, 0) is 52.8 Å². The Morgan fingerprint density at radius 3 is 2.29 bits per heavy atom. The van der Waals surface area contributed by atoms with Crippen LogP contribution in [-0.4, -0.2) is 159 Å². The molecule has 0 bridgehead atoms. The number of carbonyl (C=O) groups is 5. The molecule has 2 aliphatic rings. The summed E-state index contributed by atoms with van der Waals surface area (Å²) in [6, 6.07) is 9.12. The van der Waals surface area contributed by atoms with Crippen LogP contribution in [0.2, 0.25) is 0 Å². The number of hydrazine groups is 1. The van der Waals surface area contributed by atoms with E-state index in [1.165, 1.54) is 41.2 Å². The second kappa shape index (κ2) is 29.9. The van der Waals surface area contributed by atoms with Gasteiger partial charge in [-0.3, -0.25) is 24.8 Å². The number of amides is 3. The second-order valence-electron chi connectivity index (χ2n) is 19.2. The van der Waals surface area contributed by atoms with Gasteiger partial charge >= 0.3 is 0 Å². The van der Waals surface area contributed by atoms with Crippen molar-refractivity contribution in [3.8, 4) is 22.5 Å². The highest BCUT2D eigenvalue weighted by Crippen LogP contribution is 2.41. The van der Waals surface area contributed by atoms with E-state index in [1.807, 2.05) is 75.2 Å². The van der Waals surface area contributed by atoms with Gasteiger partial charge in [0.25, 0.3) is 0 Å². The maximum Gasteiger partial charge on any atom is 0.246 e. The molecule has 2 N–H and O–H groups in total. The van der Waals surface area contributed by atoms with Crippen molar-refractivity contribution in [3.63, 3.8) is 0 Å². The van der Waals surface area contributed by atoms with Gasteiger partial charge in [0.2, 0.25) is 18.2 Å². The van der Waals surface area contributed by atoms with E-state index < -0.39 is 12.1 Å². The summed E-state index contributed by atoms with van der Waals surface area (Å²) in [7, 11) is 11.1. The average molecular weight is 988 g/mol. The van der Waals surface area contributed by atoms with Crippen LogP contribution in [0.5, 0.6) is 0 Å². The van der Waals surface area contributed by atoms with Gasteiger partial charge in [0, 0.05) is 114 Å². The number of likely N-dealkylation sites (N-methyl/N-ethyl adjacent to an activating group) is 2. The standard InChI is InChI=1S/C37H49N5O5S.C10H18N2O.C5H12N2.CH2O/c1-10-42-31-14-13-25(30-20-48-32(40-30)17-26(19-43)39-36(45)34(23(2)3)41(7)22-44)16-28(31)29(18-37(5,6)21-46-8)35(42)27-12-11-15-38-33(27)24(4)47-9;1-11(2)7-5-6-10(13)12-8-3-4-9-12;1-7-5-3-2-4-6-7;1-2/h11-16,19-20,22-24,26,34H,10,17-18,21H2,1-9H3,(H,39,45);5-6H,3-4,7-9H2,1-2H3;6H,2-5H2,1H3;1H2/b;6-5+;;. The normalized spacial score (nSPS) is 15.3. The van der Waals surface area contributed by atoms with Crippen LogP contribution in [0.1, 0.15) is 89.6 Å². The molecule has 386 valence electrons. The van der Waals surface area contributed by atoms with E-state index in [4.69, 9.17) is 24.2 Å². The summed E-state index contributed by atoms with van der Waals surface area (Å²) in [5, 5.41) is 8.81. The monoisotopic (exact) mass is 988 g/mol. The number of aldehydes is 1.